The quantitative estimate of drug-likeness (QED) is 0.852. The maximum absolute atomic E-state index is 12.4. The minimum atomic E-state index is -0.0986. The Labute approximate surface area is 151 Å². The predicted octanol–water partition coefficient (Wildman–Crippen LogP) is 2.29. The Morgan fingerprint density at radius 1 is 1.28 bits per heavy atom. The molecule has 2 aromatic rings. The highest BCUT2D eigenvalue weighted by atomic mass is 32.2. The van der Waals surface area contributed by atoms with Gasteiger partial charge in [-0.15, -0.1) is 11.8 Å². The smallest absolute Gasteiger partial charge is 0.252 e. The maximum Gasteiger partial charge on any atom is 0.252 e. The van der Waals surface area contributed by atoms with Gasteiger partial charge in [-0.25, -0.2) is 0 Å². The molecule has 0 bridgehead atoms. The number of carbonyl (C=O) groups excluding carboxylic acids is 2. The second-order valence-electron chi connectivity index (χ2n) is 6.03. The van der Waals surface area contributed by atoms with E-state index in [1.54, 1.807) is 18.7 Å². The first-order chi connectivity index (χ1) is 12.1. The van der Waals surface area contributed by atoms with Gasteiger partial charge in [-0.2, -0.15) is 5.10 Å². The summed E-state index contributed by atoms with van der Waals surface area (Å²) in [4.78, 5) is 26.9. The second-order valence-corrected chi connectivity index (χ2v) is 6.88. The summed E-state index contributed by atoms with van der Waals surface area (Å²) in [6.45, 7) is 4.10. The normalized spacial score (nSPS) is 13.9. The molecule has 6 nitrogen and oxygen atoms in total. The van der Waals surface area contributed by atoms with E-state index in [-0.39, 0.29) is 11.8 Å². The van der Waals surface area contributed by atoms with Crippen LogP contribution in [0.2, 0.25) is 0 Å². The Morgan fingerprint density at radius 2 is 2.08 bits per heavy atom. The Morgan fingerprint density at radius 3 is 2.84 bits per heavy atom. The topological polar surface area (TPSA) is 67.2 Å². The molecule has 2 amide bonds. The molecule has 0 saturated carbocycles. The number of aromatic nitrogens is 2. The zero-order chi connectivity index (χ0) is 17.8. The van der Waals surface area contributed by atoms with Crippen molar-refractivity contribution in [1.82, 2.24) is 20.0 Å². The van der Waals surface area contributed by atoms with Gasteiger partial charge in [0.15, 0.2) is 0 Å². The number of nitrogens with one attached hydrogen (secondary N) is 1. The Bertz CT molecular complexity index is 787. The van der Waals surface area contributed by atoms with Crippen LogP contribution in [0.25, 0.3) is 0 Å². The van der Waals surface area contributed by atoms with Crippen LogP contribution in [0.1, 0.15) is 35.1 Å². The van der Waals surface area contributed by atoms with Crippen molar-refractivity contribution in [3.63, 3.8) is 0 Å². The lowest BCUT2D eigenvalue weighted by Crippen LogP contribution is -2.28. The average Bonchev–Trinajstić information content (AvgIpc) is 2.89. The summed E-state index contributed by atoms with van der Waals surface area (Å²) in [6, 6.07) is 9.53. The van der Waals surface area contributed by atoms with Crippen molar-refractivity contribution in [2.24, 2.45) is 0 Å². The molecule has 0 aliphatic carbocycles. The monoisotopic (exact) mass is 358 g/mol. The SMILES string of the molecule is CSc1ccccc1C(=O)NCc1cc2n(n1)CCCN(C(C)=O)C2. The van der Waals surface area contributed by atoms with Gasteiger partial charge in [0.1, 0.15) is 0 Å². The van der Waals surface area contributed by atoms with Crippen LogP contribution in [-0.4, -0.2) is 39.3 Å². The zero-order valence-electron chi connectivity index (χ0n) is 14.5. The highest BCUT2D eigenvalue weighted by Gasteiger charge is 2.18. The third-order valence-corrected chi connectivity index (χ3v) is 5.09. The van der Waals surface area contributed by atoms with E-state index in [9.17, 15) is 9.59 Å². The number of amides is 2. The first kappa shape index (κ1) is 17.5. The van der Waals surface area contributed by atoms with Crippen LogP contribution >= 0.6 is 11.8 Å². The number of hydrogen-bond donors (Lipinski definition) is 1. The summed E-state index contributed by atoms with van der Waals surface area (Å²) >= 11 is 1.55. The molecule has 0 unspecified atom stereocenters. The van der Waals surface area contributed by atoms with Crippen molar-refractivity contribution in [3.05, 3.63) is 47.3 Å². The van der Waals surface area contributed by atoms with Crippen LogP contribution in [0.15, 0.2) is 35.2 Å². The number of benzene rings is 1. The molecule has 1 aliphatic rings. The fourth-order valence-corrected chi connectivity index (χ4v) is 3.57. The molecule has 0 spiro atoms. The van der Waals surface area contributed by atoms with Crippen LogP contribution < -0.4 is 5.32 Å². The number of hydrogen-bond acceptors (Lipinski definition) is 4. The number of thioether (sulfide) groups is 1. The van der Waals surface area contributed by atoms with Crippen LogP contribution in [-0.2, 0) is 24.4 Å². The van der Waals surface area contributed by atoms with Crippen molar-refractivity contribution in [3.8, 4) is 0 Å². The van der Waals surface area contributed by atoms with Crippen LogP contribution in [0.3, 0.4) is 0 Å². The molecule has 1 N–H and O–H groups in total. The molecule has 0 saturated heterocycles. The van der Waals surface area contributed by atoms with Crippen molar-refractivity contribution >= 4 is 23.6 Å². The van der Waals surface area contributed by atoms with E-state index in [1.807, 2.05) is 46.2 Å². The molecular weight excluding hydrogens is 336 g/mol. The van der Waals surface area contributed by atoms with Gasteiger partial charge in [0.25, 0.3) is 5.91 Å². The molecule has 2 heterocycles. The Balaban J connectivity index is 1.67. The first-order valence-electron chi connectivity index (χ1n) is 8.31. The molecule has 1 aromatic carbocycles. The summed E-state index contributed by atoms with van der Waals surface area (Å²) in [5.74, 6) is -0.0170. The number of aryl methyl sites for hydroxylation is 1. The van der Waals surface area contributed by atoms with E-state index in [4.69, 9.17) is 0 Å². The molecule has 132 valence electrons. The summed E-state index contributed by atoms with van der Waals surface area (Å²) in [5.41, 5.74) is 2.51. The fourth-order valence-electron chi connectivity index (χ4n) is 2.98. The standard InChI is InChI=1S/C18H22N4O2S/c1-13(23)21-8-5-9-22-15(12-21)10-14(20-22)11-19-18(24)16-6-3-4-7-17(16)25-2/h3-4,6-7,10H,5,8-9,11-12H2,1-2H3,(H,19,24). The van der Waals surface area contributed by atoms with Crippen LogP contribution in [0, 0.1) is 0 Å². The van der Waals surface area contributed by atoms with Gasteiger partial charge in [-0.1, -0.05) is 12.1 Å². The lowest BCUT2D eigenvalue weighted by atomic mass is 10.2. The second kappa shape index (κ2) is 7.74. The van der Waals surface area contributed by atoms with Gasteiger partial charge in [0, 0.05) is 24.9 Å². The van der Waals surface area contributed by atoms with Crippen LogP contribution in [0.4, 0.5) is 0 Å². The van der Waals surface area contributed by atoms with Crippen molar-refractivity contribution in [2.75, 3.05) is 12.8 Å². The predicted molar refractivity (Wildman–Crippen MR) is 97.3 cm³/mol. The molecule has 25 heavy (non-hydrogen) atoms. The number of rotatable bonds is 4. The average molecular weight is 358 g/mol. The molecule has 0 fully saturated rings. The highest BCUT2D eigenvalue weighted by molar-refractivity contribution is 7.98. The maximum atomic E-state index is 12.4. The molecule has 1 aliphatic heterocycles. The Hall–Kier alpha value is -2.28. The minimum absolute atomic E-state index is 0.0816. The highest BCUT2D eigenvalue weighted by Crippen LogP contribution is 2.20. The van der Waals surface area contributed by atoms with Gasteiger partial charge in [-0.05, 0) is 30.9 Å². The summed E-state index contributed by atoms with van der Waals surface area (Å²) in [5, 5.41) is 7.51. The molecule has 0 radical (unpaired) electrons. The number of nitrogens with zero attached hydrogens (tertiary/aromatic N) is 3. The Kier molecular flexibility index (Phi) is 5.43. The lowest BCUT2D eigenvalue weighted by molar-refractivity contribution is -0.129. The molecular formula is C18H22N4O2S. The van der Waals surface area contributed by atoms with Gasteiger partial charge >= 0.3 is 0 Å². The van der Waals surface area contributed by atoms with E-state index in [0.29, 0.717) is 18.7 Å². The minimum Gasteiger partial charge on any atom is -0.346 e. The number of carbonyl (C=O) groups is 2. The van der Waals surface area contributed by atoms with Gasteiger partial charge in [0.2, 0.25) is 5.91 Å². The van der Waals surface area contributed by atoms with E-state index < -0.39 is 0 Å². The van der Waals surface area contributed by atoms with Gasteiger partial charge < -0.3 is 10.2 Å². The first-order valence-corrected chi connectivity index (χ1v) is 9.53. The van der Waals surface area contributed by atoms with E-state index in [1.165, 1.54) is 0 Å². The third kappa shape index (κ3) is 4.04. The molecule has 3 rings (SSSR count). The van der Waals surface area contributed by atoms with Crippen molar-refractivity contribution in [1.29, 1.82) is 0 Å². The molecule has 1 aromatic heterocycles. The van der Waals surface area contributed by atoms with Gasteiger partial charge in [0.05, 0.1) is 30.0 Å². The van der Waals surface area contributed by atoms with Gasteiger partial charge in [-0.3, -0.25) is 14.3 Å². The van der Waals surface area contributed by atoms with E-state index in [2.05, 4.69) is 10.4 Å². The zero-order valence-corrected chi connectivity index (χ0v) is 15.3. The van der Waals surface area contributed by atoms with Crippen LogP contribution in [0.5, 0.6) is 0 Å². The van der Waals surface area contributed by atoms with Crippen molar-refractivity contribution < 1.29 is 9.59 Å². The van der Waals surface area contributed by atoms with E-state index in [0.717, 1.165) is 35.8 Å². The summed E-state index contributed by atoms with van der Waals surface area (Å²) in [7, 11) is 0. The van der Waals surface area contributed by atoms with E-state index >= 15 is 0 Å². The molecule has 0 atom stereocenters. The number of fused-ring (bicyclic) bond motifs is 1. The van der Waals surface area contributed by atoms with Crippen molar-refractivity contribution in [2.45, 2.75) is 37.9 Å². The largest absolute Gasteiger partial charge is 0.346 e. The fraction of sp³-hybridized carbons (Fsp3) is 0.389. The molecule has 7 heteroatoms. The third-order valence-electron chi connectivity index (χ3n) is 4.29. The summed E-state index contributed by atoms with van der Waals surface area (Å²) in [6.07, 6.45) is 2.85. The lowest BCUT2D eigenvalue weighted by Gasteiger charge is -2.17. The summed E-state index contributed by atoms with van der Waals surface area (Å²) < 4.78 is 1.94.